The standard InChI is InChI=1S/C26H27O3P.C22H21O2P.C16H16O3/c1-16-12-18(3)23(19(4)13-16)25(27)30(29,22-10-8-7-9-11-22)26(28)24-20(5)14-17(2)15-21(24)6;1-16-14-17(2)21(18(3)15-16)22(23)25(24,19-10-6-4-7-11-19)20-12-8-5-9-13-20;1-18-16(19-2,14-11-7-4-8-12-14)15(17)13-9-5-3-6-10-13/h7-15H,1-6H3;4-15H,1-3H3;3-12H,1-2H3. The molecule has 8 nitrogen and oxygen atoms in total. The molecule has 0 N–H and O–H groups in total. The van der Waals surface area contributed by atoms with Crippen LogP contribution in [0.25, 0.3) is 0 Å². The van der Waals surface area contributed by atoms with Crippen molar-refractivity contribution in [3.63, 3.8) is 0 Å². The summed E-state index contributed by atoms with van der Waals surface area (Å²) in [4.78, 5) is 53.9. The van der Waals surface area contributed by atoms with Crippen molar-refractivity contribution in [1.29, 1.82) is 0 Å². The zero-order valence-corrected chi connectivity index (χ0v) is 45.8. The minimum atomic E-state index is -4.11. The Labute approximate surface area is 436 Å². The van der Waals surface area contributed by atoms with Crippen molar-refractivity contribution in [3.05, 3.63) is 266 Å². The van der Waals surface area contributed by atoms with Crippen LogP contribution in [0.3, 0.4) is 0 Å². The molecule has 378 valence electrons. The predicted molar refractivity (Wildman–Crippen MR) is 301 cm³/mol. The highest BCUT2D eigenvalue weighted by atomic mass is 31.2. The summed E-state index contributed by atoms with van der Waals surface area (Å²) < 4.78 is 39.5. The van der Waals surface area contributed by atoms with Gasteiger partial charge in [0.15, 0.2) is 0 Å². The van der Waals surface area contributed by atoms with E-state index in [0.29, 0.717) is 38.4 Å². The number of rotatable bonds is 14. The Morgan fingerprint density at radius 1 is 0.365 bits per heavy atom. The SMILES string of the molecule is COC(OC)(C(=O)c1ccccc1)c1ccccc1.Cc1cc(C)c(C(=O)P(=O)(C(=O)c2c(C)cc(C)cc2C)c2ccccc2)c(C)c1.Cc1cc(C)c(C(=O)P(=O)(c2ccccc2)c2ccccc2)c(C)c1. The Morgan fingerprint density at radius 2 is 0.635 bits per heavy atom. The number of Topliss-reactive ketones (excluding diaryl/α,β-unsaturated/α-hetero) is 1. The molecule has 0 radical (unpaired) electrons. The van der Waals surface area contributed by atoms with Gasteiger partial charge in [-0.25, -0.2) is 0 Å². The Bertz CT molecular complexity index is 3220. The van der Waals surface area contributed by atoms with Gasteiger partial charge in [-0.15, -0.1) is 0 Å². The summed E-state index contributed by atoms with van der Waals surface area (Å²) in [6, 6.07) is 56.3. The van der Waals surface area contributed by atoms with Crippen molar-refractivity contribution in [2.24, 2.45) is 0 Å². The molecule has 0 saturated heterocycles. The van der Waals surface area contributed by atoms with Crippen LogP contribution in [0.15, 0.2) is 188 Å². The number of methoxy groups -OCH3 is 2. The first-order valence-corrected chi connectivity index (χ1v) is 27.7. The van der Waals surface area contributed by atoms with E-state index in [0.717, 1.165) is 50.1 Å². The molecule has 0 aliphatic rings. The van der Waals surface area contributed by atoms with Gasteiger partial charge in [0.05, 0.1) is 0 Å². The second-order valence-electron chi connectivity index (χ2n) is 18.5. The van der Waals surface area contributed by atoms with Crippen molar-refractivity contribution in [2.45, 2.75) is 68.1 Å². The van der Waals surface area contributed by atoms with Crippen molar-refractivity contribution in [1.82, 2.24) is 0 Å². The van der Waals surface area contributed by atoms with E-state index in [2.05, 4.69) is 0 Å². The van der Waals surface area contributed by atoms with Crippen LogP contribution >= 0.6 is 14.3 Å². The number of ether oxygens (including phenoxy) is 2. The maximum absolute atomic E-state index is 14.5. The fraction of sp³-hybridized carbons (Fsp3) is 0.188. The van der Waals surface area contributed by atoms with Crippen LogP contribution in [0.5, 0.6) is 0 Å². The number of carbonyl (C=O) groups is 4. The Balaban J connectivity index is 0.000000185. The van der Waals surface area contributed by atoms with Crippen LogP contribution in [-0.4, -0.2) is 36.6 Å². The average Bonchev–Trinajstić information content (AvgIpc) is 3.39. The van der Waals surface area contributed by atoms with Gasteiger partial charge in [-0.2, -0.15) is 0 Å². The molecule has 0 atom stereocenters. The third kappa shape index (κ3) is 11.6. The van der Waals surface area contributed by atoms with Crippen LogP contribution in [0.2, 0.25) is 0 Å². The molecule has 0 bridgehead atoms. The Morgan fingerprint density at radius 3 is 0.946 bits per heavy atom. The lowest BCUT2D eigenvalue weighted by Gasteiger charge is -2.29. The number of ketones is 1. The molecule has 10 heteroatoms. The third-order valence-corrected chi connectivity index (χ3v) is 18.4. The second-order valence-corrected chi connectivity index (χ2v) is 23.8. The first kappa shape index (κ1) is 56.1. The van der Waals surface area contributed by atoms with Crippen molar-refractivity contribution >= 4 is 52.6 Å². The first-order valence-electron chi connectivity index (χ1n) is 24.3. The Kier molecular flexibility index (Phi) is 18.4. The van der Waals surface area contributed by atoms with E-state index in [4.69, 9.17) is 9.47 Å². The molecular weight excluding hydrogens is 959 g/mol. The molecule has 0 unspecified atom stereocenters. The van der Waals surface area contributed by atoms with Crippen molar-refractivity contribution < 1.29 is 37.8 Å². The van der Waals surface area contributed by atoms with E-state index >= 15 is 0 Å². The lowest BCUT2D eigenvalue weighted by molar-refractivity contribution is -0.176. The van der Waals surface area contributed by atoms with Crippen LogP contribution in [0.4, 0.5) is 0 Å². The average molecular weight is 1020 g/mol. The summed E-state index contributed by atoms with van der Waals surface area (Å²) in [5, 5.41) is 1.43. The van der Waals surface area contributed by atoms with Crippen LogP contribution in [0, 0.1) is 62.3 Å². The van der Waals surface area contributed by atoms with Crippen molar-refractivity contribution in [3.8, 4) is 0 Å². The maximum Gasteiger partial charge on any atom is 0.260 e. The topological polar surface area (TPSA) is 121 Å². The largest absolute Gasteiger partial charge is 0.343 e. The van der Waals surface area contributed by atoms with E-state index in [1.807, 2.05) is 184 Å². The maximum atomic E-state index is 14.5. The molecule has 0 heterocycles. The fourth-order valence-corrected chi connectivity index (χ4v) is 14.9. The highest BCUT2D eigenvalue weighted by Gasteiger charge is 2.45. The molecule has 0 aliphatic carbocycles. The number of hydrogen-bond acceptors (Lipinski definition) is 8. The summed E-state index contributed by atoms with van der Waals surface area (Å²) in [6.45, 7) is 17.0. The summed E-state index contributed by atoms with van der Waals surface area (Å²) >= 11 is 0. The highest BCUT2D eigenvalue weighted by Crippen LogP contribution is 2.53. The number of benzene rings is 8. The van der Waals surface area contributed by atoms with Gasteiger partial charge in [0.2, 0.25) is 36.6 Å². The van der Waals surface area contributed by atoms with E-state index in [1.165, 1.54) is 14.2 Å². The van der Waals surface area contributed by atoms with Gasteiger partial charge in [0, 0.05) is 58.0 Å². The fourth-order valence-electron chi connectivity index (χ4n) is 9.72. The molecule has 0 aromatic heterocycles. The molecule has 0 fully saturated rings. The van der Waals surface area contributed by atoms with E-state index in [-0.39, 0.29) is 16.6 Å². The Hall–Kier alpha value is -7.18. The highest BCUT2D eigenvalue weighted by molar-refractivity contribution is 8.01. The lowest BCUT2D eigenvalue weighted by atomic mass is 9.96. The normalized spacial score (nSPS) is 11.3. The summed E-state index contributed by atoms with van der Waals surface area (Å²) in [6.07, 6.45) is 0. The van der Waals surface area contributed by atoms with Gasteiger partial charge in [-0.05, 0) is 95.7 Å². The molecule has 0 saturated carbocycles. The minimum Gasteiger partial charge on any atom is -0.343 e. The van der Waals surface area contributed by atoms with Gasteiger partial charge in [0.25, 0.3) is 5.79 Å². The lowest BCUT2D eigenvalue weighted by Crippen LogP contribution is -2.39. The summed E-state index contributed by atoms with van der Waals surface area (Å²) in [5.74, 6) is -1.62. The van der Waals surface area contributed by atoms with Gasteiger partial charge in [-0.3, -0.25) is 19.2 Å². The monoisotopic (exact) mass is 1020 g/mol. The van der Waals surface area contributed by atoms with Crippen LogP contribution < -0.4 is 15.9 Å². The van der Waals surface area contributed by atoms with Gasteiger partial charge >= 0.3 is 0 Å². The molecule has 8 aromatic carbocycles. The molecule has 74 heavy (non-hydrogen) atoms. The van der Waals surface area contributed by atoms with Crippen LogP contribution in [0.1, 0.15) is 97.1 Å². The number of hydrogen-bond donors (Lipinski definition) is 0. The molecular formula is C64H64O8P2. The molecule has 0 aliphatic heterocycles. The van der Waals surface area contributed by atoms with E-state index in [1.54, 1.807) is 66.7 Å². The van der Waals surface area contributed by atoms with Gasteiger partial charge < -0.3 is 18.6 Å². The molecule has 0 spiro atoms. The van der Waals surface area contributed by atoms with Crippen molar-refractivity contribution in [2.75, 3.05) is 14.2 Å². The first-order chi connectivity index (χ1) is 35.3. The molecule has 8 aromatic rings. The zero-order valence-electron chi connectivity index (χ0n) is 44.1. The molecule has 0 amide bonds. The molecule has 8 rings (SSSR count). The summed E-state index contributed by atoms with van der Waals surface area (Å²) in [7, 11) is -4.62. The summed E-state index contributed by atoms with van der Waals surface area (Å²) in [5.41, 5.74) is 8.90. The third-order valence-electron chi connectivity index (χ3n) is 13.0. The van der Waals surface area contributed by atoms with Gasteiger partial charge in [0.1, 0.15) is 0 Å². The zero-order chi connectivity index (χ0) is 54.0. The quantitative estimate of drug-likeness (QED) is 0.0600. The van der Waals surface area contributed by atoms with Crippen LogP contribution in [-0.2, 0) is 24.4 Å². The number of carbonyl (C=O) groups excluding carboxylic acids is 4. The smallest absolute Gasteiger partial charge is 0.260 e. The second kappa shape index (κ2) is 24.2. The number of aryl methyl sites for hydroxylation is 9. The minimum absolute atomic E-state index is 0.218. The van der Waals surface area contributed by atoms with Gasteiger partial charge in [-0.1, -0.05) is 205 Å². The van der Waals surface area contributed by atoms with E-state index < -0.39 is 31.1 Å². The predicted octanol–water partition coefficient (Wildman–Crippen LogP) is 14.0. The van der Waals surface area contributed by atoms with E-state index in [9.17, 15) is 28.3 Å².